The number of nitrogens with one attached hydrogen (secondary N) is 1. The van der Waals surface area contributed by atoms with Crippen molar-refractivity contribution in [3.63, 3.8) is 0 Å². The molecule has 0 bridgehead atoms. The molecule has 0 aliphatic rings. The van der Waals surface area contributed by atoms with Gasteiger partial charge in [-0.25, -0.2) is 13.1 Å². The van der Waals surface area contributed by atoms with Crippen molar-refractivity contribution in [2.75, 3.05) is 6.54 Å². The first-order valence-electron chi connectivity index (χ1n) is 5.99. The molecule has 1 aromatic rings. The summed E-state index contributed by atoms with van der Waals surface area (Å²) >= 11 is 9.11. The molecule has 5 nitrogen and oxygen atoms in total. The molecule has 0 aliphatic carbocycles. The van der Waals surface area contributed by atoms with E-state index in [0.29, 0.717) is 23.7 Å². The number of rotatable bonds is 8. The number of carbonyl (C=O) groups is 1. The molecule has 0 spiro atoms. The standard InChI is InChI=1S/C12H15BrClNO4S/c13-9-5-6-11(10(14)8-9)20(18,19)15-7-3-1-2-4-12(16)17/h5-6,8,15H,1-4,7H2,(H,16,17). The quantitative estimate of drug-likeness (QED) is 0.675. The number of carboxylic acids is 1. The summed E-state index contributed by atoms with van der Waals surface area (Å²) in [6.45, 7) is 0.258. The van der Waals surface area contributed by atoms with Crippen molar-refractivity contribution in [2.45, 2.75) is 30.6 Å². The number of halogens is 2. The van der Waals surface area contributed by atoms with E-state index in [0.717, 1.165) is 0 Å². The van der Waals surface area contributed by atoms with E-state index in [1.165, 1.54) is 12.1 Å². The smallest absolute Gasteiger partial charge is 0.303 e. The first kappa shape index (κ1) is 17.4. The molecule has 0 unspecified atom stereocenters. The summed E-state index contributed by atoms with van der Waals surface area (Å²) in [6.07, 6.45) is 1.88. The predicted molar refractivity (Wildman–Crippen MR) is 80.4 cm³/mol. The minimum atomic E-state index is -3.63. The number of carboxylic acid groups (broad SMARTS) is 1. The summed E-state index contributed by atoms with van der Waals surface area (Å²) in [7, 11) is -3.63. The second-order valence-corrected chi connectivity index (χ2v) is 7.24. The largest absolute Gasteiger partial charge is 0.481 e. The SMILES string of the molecule is O=C(O)CCCCCNS(=O)(=O)c1ccc(Br)cc1Cl. The molecule has 0 aromatic heterocycles. The maximum absolute atomic E-state index is 12.0. The highest BCUT2D eigenvalue weighted by molar-refractivity contribution is 9.10. The highest BCUT2D eigenvalue weighted by Gasteiger charge is 2.17. The van der Waals surface area contributed by atoms with Gasteiger partial charge in [-0.05, 0) is 31.0 Å². The Morgan fingerprint density at radius 1 is 1.30 bits per heavy atom. The molecule has 1 rings (SSSR count). The Morgan fingerprint density at radius 3 is 2.60 bits per heavy atom. The molecular formula is C12H15BrClNO4S. The molecule has 0 saturated carbocycles. The molecular weight excluding hydrogens is 370 g/mol. The van der Waals surface area contributed by atoms with Gasteiger partial charge in [0.2, 0.25) is 10.0 Å². The van der Waals surface area contributed by atoms with Crippen LogP contribution in [0.25, 0.3) is 0 Å². The van der Waals surface area contributed by atoms with E-state index >= 15 is 0 Å². The number of benzene rings is 1. The zero-order valence-corrected chi connectivity index (χ0v) is 13.8. The fourth-order valence-corrected chi connectivity index (χ4v) is 3.66. The summed E-state index contributed by atoms with van der Waals surface area (Å²) in [5.41, 5.74) is 0. The predicted octanol–water partition coefficient (Wildman–Crippen LogP) is 3.03. The van der Waals surface area contributed by atoms with Crippen LogP contribution in [0.2, 0.25) is 5.02 Å². The van der Waals surface area contributed by atoms with Crippen LogP contribution in [0.4, 0.5) is 0 Å². The first-order valence-corrected chi connectivity index (χ1v) is 8.65. The zero-order valence-electron chi connectivity index (χ0n) is 10.6. The Hall–Kier alpha value is -0.630. The van der Waals surface area contributed by atoms with Gasteiger partial charge in [-0.1, -0.05) is 34.0 Å². The van der Waals surface area contributed by atoms with Crippen molar-refractivity contribution in [3.8, 4) is 0 Å². The second kappa shape index (κ2) is 7.97. The Labute approximate surface area is 131 Å². The average molecular weight is 385 g/mol. The van der Waals surface area contributed by atoms with Gasteiger partial charge in [0.1, 0.15) is 4.90 Å². The van der Waals surface area contributed by atoms with Gasteiger partial charge >= 0.3 is 5.97 Å². The maximum Gasteiger partial charge on any atom is 0.303 e. The van der Waals surface area contributed by atoms with Gasteiger partial charge in [-0.15, -0.1) is 0 Å². The lowest BCUT2D eigenvalue weighted by Gasteiger charge is -2.08. The third kappa shape index (κ3) is 5.78. The summed E-state index contributed by atoms with van der Waals surface area (Å²) in [5, 5.41) is 8.62. The molecule has 8 heteroatoms. The lowest BCUT2D eigenvalue weighted by Crippen LogP contribution is -2.25. The van der Waals surface area contributed by atoms with Crippen LogP contribution < -0.4 is 4.72 Å². The number of aliphatic carboxylic acids is 1. The molecule has 0 heterocycles. The van der Waals surface area contributed by atoms with Gasteiger partial charge in [-0.3, -0.25) is 4.79 Å². The molecule has 0 radical (unpaired) electrons. The Bertz CT molecular complexity index is 577. The molecule has 0 amide bonds. The first-order chi connectivity index (χ1) is 9.33. The highest BCUT2D eigenvalue weighted by atomic mass is 79.9. The van der Waals surface area contributed by atoms with Crippen LogP contribution in [0.15, 0.2) is 27.6 Å². The topological polar surface area (TPSA) is 83.5 Å². The minimum absolute atomic E-state index is 0.0351. The lowest BCUT2D eigenvalue weighted by atomic mass is 10.2. The van der Waals surface area contributed by atoms with Crippen LogP contribution >= 0.6 is 27.5 Å². The zero-order chi connectivity index (χ0) is 15.2. The van der Waals surface area contributed by atoms with Crippen LogP contribution in [0.3, 0.4) is 0 Å². The monoisotopic (exact) mass is 383 g/mol. The van der Waals surface area contributed by atoms with E-state index in [2.05, 4.69) is 20.7 Å². The fourth-order valence-electron chi connectivity index (χ4n) is 1.56. The second-order valence-electron chi connectivity index (χ2n) is 4.18. The summed E-state index contributed by atoms with van der Waals surface area (Å²) in [4.78, 5) is 10.3. The third-order valence-corrected chi connectivity index (χ3v) is 4.98. The molecule has 20 heavy (non-hydrogen) atoms. The van der Waals surface area contributed by atoms with Gasteiger partial charge in [-0.2, -0.15) is 0 Å². The van der Waals surface area contributed by atoms with Gasteiger partial charge in [0, 0.05) is 17.4 Å². The number of unbranched alkanes of at least 4 members (excludes halogenated alkanes) is 2. The van der Waals surface area contributed by atoms with Gasteiger partial charge in [0.25, 0.3) is 0 Å². The van der Waals surface area contributed by atoms with Crippen molar-refractivity contribution in [2.24, 2.45) is 0 Å². The number of hydrogen-bond acceptors (Lipinski definition) is 3. The van der Waals surface area contributed by atoms with E-state index in [1.807, 2.05) is 0 Å². The normalized spacial score (nSPS) is 11.5. The molecule has 2 N–H and O–H groups in total. The van der Waals surface area contributed by atoms with E-state index in [9.17, 15) is 13.2 Å². The van der Waals surface area contributed by atoms with E-state index in [-0.39, 0.29) is 22.9 Å². The van der Waals surface area contributed by atoms with Crippen molar-refractivity contribution in [1.29, 1.82) is 0 Å². The Kier molecular flexibility index (Phi) is 6.94. The summed E-state index contributed by atoms with van der Waals surface area (Å²) in [5.74, 6) is -0.841. The molecule has 0 aliphatic heterocycles. The number of sulfonamides is 1. The van der Waals surface area contributed by atoms with Gasteiger partial charge in [0.05, 0.1) is 5.02 Å². The van der Waals surface area contributed by atoms with Crippen molar-refractivity contribution in [1.82, 2.24) is 4.72 Å². The van der Waals surface area contributed by atoms with Crippen LogP contribution in [0, 0.1) is 0 Å². The average Bonchev–Trinajstić information content (AvgIpc) is 2.32. The lowest BCUT2D eigenvalue weighted by molar-refractivity contribution is -0.137. The summed E-state index contributed by atoms with van der Waals surface area (Å²) in [6, 6.07) is 4.55. The fraction of sp³-hybridized carbons (Fsp3) is 0.417. The van der Waals surface area contributed by atoms with Crippen LogP contribution in [0.1, 0.15) is 25.7 Å². The molecule has 0 fully saturated rings. The Morgan fingerprint density at radius 2 is 2.00 bits per heavy atom. The summed E-state index contributed by atoms with van der Waals surface area (Å²) < 4.78 is 27.2. The van der Waals surface area contributed by atoms with Crippen molar-refractivity contribution >= 4 is 43.5 Å². The van der Waals surface area contributed by atoms with Crippen LogP contribution in [0.5, 0.6) is 0 Å². The van der Waals surface area contributed by atoms with Gasteiger partial charge in [0.15, 0.2) is 0 Å². The van der Waals surface area contributed by atoms with Crippen molar-refractivity contribution < 1.29 is 18.3 Å². The molecule has 0 saturated heterocycles. The van der Waals surface area contributed by atoms with Crippen LogP contribution in [-0.4, -0.2) is 26.0 Å². The van der Waals surface area contributed by atoms with Crippen LogP contribution in [-0.2, 0) is 14.8 Å². The Balaban J connectivity index is 2.48. The minimum Gasteiger partial charge on any atom is -0.481 e. The molecule has 1 aromatic carbocycles. The molecule has 112 valence electrons. The van der Waals surface area contributed by atoms with E-state index < -0.39 is 16.0 Å². The van der Waals surface area contributed by atoms with E-state index in [4.69, 9.17) is 16.7 Å². The number of hydrogen-bond donors (Lipinski definition) is 2. The van der Waals surface area contributed by atoms with Gasteiger partial charge < -0.3 is 5.11 Å². The third-order valence-electron chi connectivity index (χ3n) is 2.54. The molecule has 0 atom stereocenters. The van der Waals surface area contributed by atoms with Crippen molar-refractivity contribution in [3.05, 3.63) is 27.7 Å². The highest BCUT2D eigenvalue weighted by Crippen LogP contribution is 2.24. The maximum atomic E-state index is 12.0. The van der Waals surface area contributed by atoms with E-state index in [1.54, 1.807) is 6.07 Å².